The first-order valence-electron chi connectivity index (χ1n) is 13.6. The van der Waals surface area contributed by atoms with Gasteiger partial charge >= 0.3 is 15.2 Å². The Bertz CT molecular complexity index is 1090. The molecule has 16 heteroatoms. The predicted molar refractivity (Wildman–Crippen MR) is 158 cm³/mol. The van der Waals surface area contributed by atoms with Crippen LogP contribution in [-0.2, 0) is 34.5 Å². The summed E-state index contributed by atoms with van der Waals surface area (Å²) in [5.74, 6) is 0. The van der Waals surface area contributed by atoms with Crippen molar-refractivity contribution in [1.29, 1.82) is 0 Å². The van der Waals surface area contributed by atoms with Crippen LogP contribution in [0.25, 0.3) is 0 Å². The zero-order chi connectivity index (χ0) is 32.3. The number of hydrogen-bond acceptors (Lipinski definition) is 10. The zero-order valence-corrected chi connectivity index (χ0v) is 25.7. The monoisotopic (exact) mass is 650 g/mol. The minimum atomic E-state index is -4.25. The average Bonchev–Trinajstić information content (AvgIpc) is 2.95. The molecule has 14 nitrogen and oxygen atoms in total. The average molecular weight is 651 g/mol. The second kappa shape index (κ2) is 16.6. The summed E-state index contributed by atoms with van der Waals surface area (Å²) in [6, 6.07) is 12.9. The van der Waals surface area contributed by atoms with Crippen molar-refractivity contribution in [3.8, 4) is 0 Å². The standard InChI is InChI=1S/C27H44N2O12P2/c30-16-26(17-31,18-32)28(12-22-2-6-24(7-3-22)14-42(36,37)38)10-1-11-29(27(19-33,20-34)21-35)13-23-4-8-25(9-5-23)15-43(39,40)41/h2-9,30-35H,1,10-21H2,(H2,36,37,38)(H2,39,40,41). The van der Waals surface area contributed by atoms with E-state index in [2.05, 4.69) is 0 Å². The van der Waals surface area contributed by atoms with Crippen LogP contribution >= 0.6 is 15.2 Å². The largest absolute Gasteiger partial charge is 0.394 e. The Labute approximate surface area is 250 Å². The lowest BCUT2D eigenvalue weighted by Gasteiger charge is -2.43. The molecular formula is C27H44N2O12P2. The zero-order valence-electron chi connectivity index (χ0n) is 23.9. The van der Waals surface area contributed by atoms with E-state index in [1.54, 1.807) is 58.3 Å². The predicted octanol–water partition coefficient (Wildman–Crippen LogP) is -0.832. The molecule has 2 aromatic rings. The van der Waals surface area contributed by atoms with Gasteiger partial charge in [0.15, 0.2) is 0 Å². The van der Waals surface area contributed by atoms with Crippen LogP contribution in [0.5, 0.6) is 0 Å². The van der Waals surface area contributed by atoms with E-state index in [0.717, 1.165) is 0 Å². The summed E-state index contributed by atoms with van der Waals surface area (Å²) in [5, 5.41) is 60.8. The third-order valence-electron chi connectivity index (χ3n) is 7.53. The molecule has 2 aromatic carbocycles. The van der Waals surface area contributed by atoms with E-state index in [0.29, 0.717) is 28.7 Å². The Kier molecular flexibility index (Phi) is 14.6. The lowest BCUT2D eigenvalue weighted by molar-refractivity contribution is -0.0658. The van der Waals surface area contributed by atoms with Crippen LogP contribution < -0.4 is 0 Å². The molecule has 0 bridgehead atoms. The van der Waals surface area contributed by atoms with Crippen LogP contribution in [0.1, 0.15) is 28.7 Å². The molecule has 0 radical (unpaired) electrons. The highest BCUT2D eigenvalue weighted by atomic mass is 31.2. The molecule has 0 atom stereocenters. The van der Waals surface area contributed by atoms with Gasteiger partial charge in [0.05, 0.1) is 63.0 Å². The van der Waals surface area contributed by atoms with Gasteiger partial charge in [-0.15, -0.1) is 0 Å². The van der Waals surface area contributed by atoms with E-state index in [9.17, 15) is 59.3 Å². The number of nitrogens with zero attached hydrogens (tertiary/aromatic N) is 2. The van der Waals surface area contributed by atoms with Crippen molar-refractivity contribution in [2.24, 2.45) is 0 Å². The van der Waals surface area contributed by atoms with E-state index < -0.39 is 78.2 Å². The Morgan fingerprint density at radius 1 is 0.488 bits per heavy atom. The van der Waals surface area contributed by atoms with Crippen LogP contribution in [0.3, 0.4) is 0 Å². The molecule has 10 N–H and O–H groups in total. The molecule has 0 saturated carbocycles. The summed E-state index contributed by atoms with van der Waals surface area (Å²) in [6.45, 7) is -2.71. The van der Waals surface area contributed by atoms with Crippen molar-refractivity contribution >= 4 is 15.2 Å². The normalized spacial score (nSPS) is 13.3. The minimum Gasteiger partial charge on any atom is -0.394 e. The van der Waals surface area contributed by atoms with Crippen LogP contribution in [0.15, 0.2) is 48.5 Å². The highest BCUT2D eigenvalue weighted by Crippen LogP contribution is 2.39. The molecule has 0 aromatic heterocycles. The Morgan fingerprint density at radius 2 is 0.744 bits per heavy atom. The summed E-state index contributed by atoms with van der Waals surface area (Å²) >= 11 is 0. The minimum absolute atomic E-state index is 0.157. The molecule has 2 rings (SSSR count). The van der Waals surface area contributed by atoms with Crippen LogP contribution in [0, 0.1) is 0 Å². The topological polar surface area (TPSA) is 243 Å². The fraction of sp³-hybridized carbons (Fsp3) is 0.556. The maximum atomic E-state index is 11.3. The summed E-state index contributed by atoms with van der Waals surface area (Å²) < 4.78 is 22.6. The molecule has 244 valence electrons. The van der Waals surface area contributed by atoms with Gasteiger partial charge in [-0.05, 0) is 28.7 Å². The summed E-state index contributed by atoms with van der Waals surface area (Å²) in [4.78, 5) is 40.3. The molecule has 0 unspecified atom stereocenters. The van der Waals surface area contributed by atoms with E-state index in [1.165, 1.54) is 0 Å². The Balaban J connectivity index is 2.27. The van der Waals surface area contributed by atoms with Crippen LogP contribution in [-0.4, -0.2) is 124 Å². The number of aliphatic hydroxyl groups is 6. The first kappa shape index (κ1) is 37.6. The summed E-state index contributed by atoms with van der Waals surface area (Å²) in [6.07, 6.45) is -0.513. The molecule has 0 aliphatic carbocycles. The van der Waals surface area contributed by atoms with Crippen molar-refractivity contribution < 1.29 is 59.3 Å². The quantitative estimate of drug-likeness (QED) is 0.0787. The van der Waals surface area contributed by atoms with Crippen molar-refractivity contribution in [2.75, 3.05) is 52.7 Å². The molecule has 0 fully saturated rings. The highest BCUT2D eigenvalue weighted by Gasteiger charge is 2.37. The van der Waals surface area contributed by atoms with Gasteiger partial charge in [-0.1, -0.05) is 48.5 Å². The molecule has 0 aliphatic rings. The van der Waals surface area contributed by atoms with Gasteiger partial charge in [0, 0.05) is 26.2 Å². The van der Waals surface area contributed by atoms with E-state index in [4.69, 9.17) is 0 Å². The maximum Gasteiger partial charge on any atom is 0.329 e. The molecule has 0 heterocycles. The van der Waals surface area contributed by atoms with Crippen molar-refractivity contribution in [3.63, 3.8) is 0 Å². The van der Waals surface area contributed by atoms with Crippen molar-refractivity contribution in [1.82, 2.24) is 9.80 Å². The van der Waals surface area contributed by atoms with Gasteiger partial charge in [0.25, 0.3) is 0 Å². The van der Waals surface area contributed by atoms with Crippen molar-refractivity contribution in [2.45, 2.75) is 42.9 Å². The number of hydrogen-bond donors (Lipinski definition) is 10. The van der Waals surface area contributed by atoms with Crippen LogP contribution in [0.2, 0.25) is 0 Å². The smallest absolute Gasteiger partial charge is 0.329 e. The third kappa shape index (κ3) is 11.4. The Hall–Kier alpha value is -1.58. The van der Waals surface area contributed by atoms with Gasteiger partial charge in [-0.25, -0.2) is 0 Å². The second-order valence-corrected chi connectivity index (χ2v) is 14.2. The SMILES string of the molecule is O=P(O)(O)Cc1ccc(CN(CCCN(Cc2ccc(CP(=O)(O)O)cc2)C(CO)(CO)CO)C(CO)(CO)CO)cc1. The molecule has 0 saturated heterocycles. The first-order valence-corrected chi connectivity index (χ1v) is 17.2. The van der Waals surface area contributed by atoms with Crippen LogP contribution in [0.4, 0.5) is 0 Å². The summed E-state index contributed by atoms with van der Waals surface area (Å²) in [7, 11) is -8.51. The molecule has 0 spiro atoms. The van der Waals surface area contributed by atoms with Gasteiger partial charge in [-0.3, -0.25) is 18.9 Å². The molecule has 0 amide bonds. The molecule has 43 heavy (non-hydrogen) atoms. The maximum absolute atomic E-state index is 11.3. The summed E-state index contributed by atoms with van der Waals surface area (Å²) in [5.41, 5.74) is -0.577. The van der Waals surface area contributed by atoms with Gasteiger partial charge < -0.3 is 50.2 Å². The number of aliphatic hydroxyl groups excluding tert-OH is 6. The lowest BCUT2D eigenvalue weighted by atomic mass is 9.97. The van der Waals surface area contributed by atoms with Gasteiger partial charge in [0.2, 0.25) is 0 Å². The van der Waals surface area contributed by atoms with Gasteiger partial charge in [-0.2, -0.15) is 0 Å². The Morgan fingerprint density at radius 3 is 0.977 bits per heavy atom. The van der Waals surface area contributed by atoms with Gasteiger partial charge in [0.1, 0.15) is 0 Å². The van der Waals surface area contributed by atoms with E-state index in [-0.39, 0.29) is 26.2 Å². The highest BCUT2D eigenvalue weighted by molar-refractivity contribution is 7.51. The first-order chi connectivity index (χ1) is 20.2. The third-order valence-corrected chi connectivity index (χ3v) is 9.09. The lowest BCUT2D eigenvalue weighted by Crippen LogP contribution is -2.59. The van der Waals surface area contributed by atoms with Crippen molar-refractivity contribution in [3.05, 3.63) is 70.8 Å². The van der Waals surface area contributed by atoms with E-state index in [1.807, 2.05) is 0 Å². The molecule has 0 aliphatic heterocycles. The molecular weight excluding hydrogens is 606 g/mol. The fourth-order valence-corrected chi connectivity index (χ4v) is 6.11. The fourth-order valence-electron chi connectivity index (χ4n) is 4.74. The number of benzene rings is 2. The van der Waals surface area contributed by atoms with E-state index >= 15 is 0 Å². The number of rotatable bonds is 20. The second-order valence-electron chi connectivity index (χ2n) is 10.9.